The zero-order valence-corrected chi connectivity index (χ0v) is 14.8. The molecule has 0 saturated carbocycles. The predicted octanol–water partition coefficient (Wildman–Crippen LogP) is 3.44. The molecule has 0 unspecified atom stereocenters. The highest BCUT2D eigenvalue weighted by Crippen LogP contribution is 2.14. The van der Waals surface area contributed by atoms with Crippen LogP contribution in [0.2, 0.25) is 0 Å². The molecule has 4 nitrogen and oxygen atoms in total. The number of ether oxygens (including phenoxy) is 1. The average molecular weight is 331 g/mol. The molecule has 0 saturated heterocycles. The molecule has 2 aromatic rings. The van der Waals surface area contributed by atoms with Crippen molar-refractivity contribution in [2.24, 2.45) is 4.99 Å². The zero-order valence-electron chi connectivity index (χ0n) is 14.0. The molecule has 0 aliphatic heterocycles. The molecule has 0 fully saturated rings. The van der Waals surface area contributed by atoms with E-state index < -0.39 is 0 Å². The predicted molar refractivity (Wildman–Crippen MR) is 98.4 cm³/mol. The molecule has 1 aromatic heterocycles. The van der Waals surface area contributed by atoms with Crippen LogP contribution in [0.5, 0.6) is 5.75 Å². The summed E-state index contributed by atoms with van der Waals surface area (Å²) >= 11 is 1.78. The van der Waals surface area contributed by atoms with Crippen LogP contribution in [-0.2, 0) is 13.0 Å². The van der Waals surface area contributed by atoms with E-state index >= 15 is 0 Å². The number of thiophene rings is 1. The van der Waals surface area contributed by atoms with Gasteiger partial charge in [0.05, 0.1) is 6.10 Å². The molecule has 0 aliphatic carbocycles. The molecule has 1 heterocycles. The first kappa shape index (κ1) is 17.3. The number of aliphatic imine (C=N–C) groups is 1. The molecule has 124 valence electrons. The number of guanidine groups is 1. The highest BCUT2D eigenvalue weighted by atomic mass is 32.1. The van der Waals surface area contributed by atoms with E-state index in [2.05, 4.69) is 45.3 Å². The van der Waals surface area contributed by atoms with E-state index in [4.69, 9.17) is 4.74 Å². The third kappa shape index (κ3) is 6.32. The minimum atomic E-state index is 0.185. The number of benzene rings is 1. The lowest BCUT2D eigenvalue weighted by atomic mass is 10.2. The van der Waals surface area contributed by atoms with Gasteiger partial charge in [-0.1, -0.05) is 18.2 Å². The second-order valence-electron chi connectivity index (χ2n) is 5.50. The van der Waals surface area contributed by atoms with Gasteiger partial charge in [-0.3, -0.25) is 4.99 Å². The Morgan fingerprint density at radius 2 is 2.09 bits per heavy atom. The largest absolute Gasteiger partial charge is 0.491 e. The summed E-state index contributed by atoms with van der Waals surface area (Å²) in [5.74, 6) is 1.72. The number of nitrogens with one attached hydrogen (secondary N) is 2. The van der Waals surface area contributed by atoms with Gasteiger partial charge in [0.2, 0.25) is 0 Å². The number of hydrogen-bond acceptors (Lipinski definition) is 3. The van der Waals surface area contributed by atoms with Gasteiger partial charge in [0.15, 0.2) is 5.96 Å². The van der Waals surface area contributed by atoms with E-state index in [0.29, 0.717) is 6.54 Å². The molecule has 0 aliphatic rings. The first-order chi connectivity index (χ1) is 11.2. The third-order valence-electron chi connectivity index (χ3n) is 3.20. The van der Waals surface area contributed by atoms with Crippen molar-refractivity contribution in [3.05, 3.63) is 52.2 Å². The maximum atomic E-state index is 5.72. The minimum absolute atomic E-state index is 0.185. The first-order valence-electron chi connectivity index (χ1n) is 7.90. The zero-order chi connectivity index (χ0) is 16.5. The van der Waals surface area contributed by atoms with Crippen molar-refractivity contribution in [3.63, 3.8) is 0 Å². The molecule has 0 atom stereocenters. The van der Waals surface area contributed by atoms with Crippen molar-refractivity contribution in [2.75, 3.05) is 13.6 Å². The molecule has 2 N–H and O–H groups in total. The lowest BCUT2D eigenvalue weighted by Gasteiger charge is -2.13. The van der Waals surface area contributed by atoms with Gasteiger partial charge in [-0.05, 0) is 49.4 Å². The fraction of sp³-hybridized carbons (Fsp3) is 0.389. The molecule has 0 amide bonds. The van der Waals surface area contributed by atoms with Gasteiger partial charge in [-0.25, -0.2) is 0 Å². The topological polar surface area (TPSA) is 45.7 Å². The van der Waals surface area contributed by atoms with Crippen molar-refractivity contribution >= 4 is 17.3 Å². The van der Waals surface area contributed by atoms with E-state index in [-0.39, 0.29) is 6.10 Å². The summed E-state index contributed by atoms with van der Waals surface area (Å²) in [6, 6.07) is 12.4. The van der Waals surface area contributed by atoms with Crippen LogP contribution in [0.25, 0.3) is 0 Å². The Morgan fingerprint density at radius 3 is 2.78 bits per heavy atom. The quantitative estimate of drug-likeness (QED) is 0.603. The first-order valence-corrected chi connectivity index (χ1v) is 8.78. The summed E-state index contributed by atoms with van der Waals surface area (Å²) in [6.07, 6.45) is 1.20. The maximum absolute atomic E-state index is 5.72. The third-order valence-corrected chi connectivity index (χ3v) is 4.13. The molecule has 0 spiro atoms. The molecule has 23 heavy (non-hydrogen) atoms. The fourth-order valence-corrected chi connectivity index (χ4v) is 2.88. The van der Waals surface area contributed by atoms with Crippen molar-refractivity contribution in [1.29, 1.82) is 0 Å². The standard InChI is InChI=1S/C18H25N3OS/c1-14(2)22-16-7-4-6-15(12-16)13-21-18(19-3)20-10-9-17-8-5-11-23-17/h4-8,11-12,14H,9-10,13H2,1-3H3,(H2,19,20,21). The number of nitrogens with zero attached hydrogens (tertiary/aromatic N) is 1. The molecule has 0 radical (unpaired) electrons. The fourth-order valence-electron chi connectivity index (χ4n) is 2.17. The van der Waals surface area contributed by atoms with Gasteiger partial charge in [-0.2, -0.15) is 0 Å². The van der Waals surface area contributed by atoms with Crippen LogP contribution in [0.4, 0.5) is 0 Å². The Bertz CT molecular complexity index is 608. The lowest BCUT2D eigenvalue weighted by molar-refractivity contribution is 0.242. The maximum Gasteiger partial charge on any atom is 0.191 e. The SMILES string of the molecule is CN=C(NCCc1cccs1)NCc1cccc(OC(C)C)c1. The Kier molecular flexibility index (Phi) is 6.94. The van der Waals surface area contributed by atoms with Crippen LogP contribution in [0.15, 0.2) is 46.8 Å². The minimum Gasteiger partial charge on any atom is -0.491 e. The summed E-state index contributed by atoms with van der Waals surface area (Å²) in [7, 11) is 1.79. The Hall–Kier alpha value is -2.01. The number of rotatable bonds is 7. The highest BCUT2D eigenvalue weighted by Gasteiger charge is 2.02. The molecular weight excluding hydrogens is 306 g/mol. The summed E-state index contributed by atoms with van der Waals surface area (Å²) in [4.78, 5) is 5.64. The second kappa shape index (κ2) is 9.20. The van der Waals surface area contributed by atoms with Crippen LogP contribution >= 0.6 is 11.3 Å². The summed E-state index contributed by atoms with van der Waals surface area (Å²) in [6.45, 7) is 5.65. The van der Waals surface area contributed by atoms with Crippen molar-refractivity contribution < 1.29 is 4.74 Å². The van der Waals surface area contributed by atoms with Gasteiger partial charge in [0.1, 0.15) is 5.75 Å². The summed E-state index contributed by atoms with van der Waals surface area (Å²) in [5, 5.41) is 8.78. The normalized spacial score (nSPS) is 11.6. The number of hydrogen-bond donors (Lipinski definition) is 2. The van der Waals surface area contributed by atoms with E-state index in [1.165, 1.54) is 10.4 Å². The van der Waals surface area contributed by atoms with Crippen LogP contribution in [0.3, 0.4) is 0 Å². The Balaban J connectivity index is 1.78. The Morgan fingerprint density at radius 1 is 1.22 bits per heavy atom. The van der Waals surface area contributed by atoms with Crippen molar-refractivity contribution in [3.8, 4) is 5.75 Å². The van der Waals surface area contributed by atoms with Gasteiger partial charge < -0.3 is 15.4 Å². The molecular formula is C18H25N3OS. The molecule has 0 bridgehead atoms. The average Bonchev–Trinajstić information content (AvgIpc) is 3.03. The summed E-state index contributed by atoms with van der Waals surface area (Å²) in [5.41, 5.74) is 1.17. The van der Waals surface area contributed by atoms with Crippen LogP contribution in [0, 0.1) is 0 Å². The van der Waals surface area contributed by atoms with E-state index in [1.54, 1.807) is 18.4 Å². The van der Waals surface area contributed by atoms with Gasteiger partial charge in [0, 0.05) is 25.0 Å². The monoisotopic (exact) mass is 331 g/mol. The van der Waals surface area contributed by atoms with Gasteiger partial charge in [-0.15, -0.1) is 11.3 Å². The molecule has 5 heteroatoms. The highest BCUT2D eigenvalue weighted by molar-refractivity contribution is 7.09. The van der Waals surface area contributed by atoms with E-state index in [1.807, 2.05) is 26.0 Å². The summed E-state index contributed by atoms with van der Waals surface area (Å²) < 4.78 is 5.72. The van der Waals surface area contributed by atoms with Gasteiger partial charge in [0.25, 0.3) is 0 Å². The van der Waals surface area contributed by atoms with Gasteiger partial charge >= 0.3 is 0 Å². The smallest absolute Gasteiger partial charge is 0.191 e. The van der Waals surface area contributed by atoms with Crippen LogP contribution in [-0.4, -0.2) is 25.7 Å². The van der Waals surface area contributed by atoms with Crippen molar-refractivity contribution in [1.82, 2.24) is 10.6 Å². The Labute approximate surface area is 142 Å². The van der Waals surface area contributed by atoms with Crippen LogP contribution in [0.1, 0.15) is 24.3 Å². The lowest BCUT2D eigenvalue weighted by Crippen LogP contribution is -2.37. The second-order valence-corrected chi connectivity index (χ2v) is 6.53. The van der Waals surface area contributed by atoms with Crippen LogP contribution < -0.4 is 15.4 Å². The molecule has 2 rings (SSSR count). The van der Waals surface area contributed by atoms with E-state index in [9.17, 15) is 0 Å². The van der Waals surface area contributed by atoms with Crippen molar-refractivity contribution in [2.45, 2.75) is 32.9 Å². The molecule has 1 aromatic carbocycles. The van der Waals surface area contributed by atoms with E-state index in [0.717, 1.165) is 24.7 Å².